The van der Waals surface area contributed by atoms with Gasteiger partial charge in [0, 0.05) is 5.57 Å². The summed E-state index contributed by atoms with van der Waals surface area (Å²) >= 11 is 2.13. The summed E-state index contributed by atoms with van der Waals surface area (Å²) in [5.74, 6) is 0.268. The van der Waals surface area contributed by atoms with Crippen LogP contribution in [0.1, 0.15) is 46.5 Å². The maximum atomic E-state index is 12.2. The van der Waals surface area contributed by atoms with Crippen molar-refractivity contribution < 1.29 is 14.3 Å². The van der Waals surface area contributed by atoms with Crippen LogP contribution in [0.5, 0.6) is 0 Å². The molecule has 4 heteroatoms. The van der Waals surface area contributed by atoms with Crippen LogP contribution in [-0.2, 0) is 14.3 Å². The van der Waals surface area contributed by atoms with Crippen molar-refractivity contribution in [1.29, 1.82) is 0 Å². The molecule has 0 aromatic rings. The van der Waals surface area contributed by atoms with Crippen LogP contribution in [0.4, 0.5) is 0 Å². The monoisotopic (exact) mass is 390 g/mol. The van der Waals surface area contributed by atoms with Crippen molar-refractivity contribution in [2.24, 2.45) is 11.8 Å². The molecule has 0 heterocycles. The van der Waals surface area contributed by atoms with Gasteiger partial charge >= 0.3 is 5.97 Å². The fraction of sp³-hybridized carbons (Fsp3) is 0.625. The molecule has 0 radical (unpaired) electrons. The molecule has 20 heavy (non-hydrogen) atoms. The zero-order valence-electron chi connectivity index (χ0n) is 12.4. The van der Waals surface area contributed by atoms with E-state index in [1.54, 1.807) is 0 Å². The molecule has 2 atom stereocenters. The van der Waals surface area contributed by atoms with Gasteiger partial charge in [-0.2, -0.15) is 0 Å². The summed E-state index contributed by atoms with van der Waals surface area (Å²) in [5, 5.41) is 0. The summed E-state index contributed by atoms with van der Waals surface area (Å²) in [6.07, 6.45) is 5.00. The Morgan fingerprint density at radius 2 is 2.10 bits per heavy atom. The van der Waals surface area contributed by atoms with Gasteiger partial charge in [0.05, 0.1) is 12.5 Å². The predicted molar refractivity (Wildman–Crippen MR) is 88.6 cm³/mol. The highest BCUT2D eigenvalue weighted by molar-refractivity contribution is 14.1. The van der Waals surface area contributed by atoms with E-state index in [-0.39, 0.29) is 17.7 Å². The van der Waals surface area contributed by atoms with Gasteiger partial charge in [0.2, 0.25) is 0 Å². The number of hydrogen-bond acceptors (Lipinski definition) is 3. The second kappa shape index (κ2) is 8.60. The maximum absolute atomic E-state index is 12.2. The number of carbonyl (C=O) groups is 2. The first kappa shape index (κ1) is 17.4. The number of ketones is 1. The molecule has 1 fully saturated rings. The second-order valence-electron chi connectivity index (χ2n) is 5.51. The van der Waals surface area contributed by atoms with Gasteiger partial charge in [-0.3, -0.25) is 9.59 Å². The molecule has 3 nitrogen and oxygen atoms in total. The first-order chi connectivity index (χ1) is 9.49. The highest BCUT2D eigenvalue weighted by Gasteiger charge is 2.25. The fourth-order valence-electron chi connectivity index (χ4n) is 2.24. The molecule has 0 N–H and O–H groups in total. The van der Waals surface area contributed by atoms with Gasteiger partial charge in [-0.1, -0.05) is 49.4 Å². The summed E-state index contributed by atoms with van der Waals surface area (Å²) in [6, 6.07) is 0. The van der Waals surface area contributed by atoms with E-state index in [0.29, 0.717) is 18.9 Å². The van der Waals surface area contributed by atoms with E-state index in [0.717, 1.165) is 30.4 Å². The Hall–Kier alpha value is -0.650. The molecule has 1 aliphatic carbocycles. The van der Waals surface area contributed by atoms with Crippen LogP contribution in [0.25, 0.3) is 0 Å². The minimum atomic E-state index is -0.189. The summed E-state index contributed by atoms with van der Waals surface area (Å²) in [5.41, 5.74) is 1.73. The molecule has 0 bridgehead atoms. The molecule has 0 spiro atoms. The van der Waals surface area contributed by atoms with Crippen LogP contribution in [-0.4, -0.2) is 18.4 Å². The van der Waals surface area contributed by atoms with Crippen molar-refractivity contribution in [2.45, 2.75) is 46.5 Å². The number of ether oxygens (including phenoxy) is 1. The molecular weight excluding hydrogens is 367 g/mol. The molecule has 1 rings (SSSR count). The van der Waals surface area contributed by atoms with Crippen molar-refractivity contribution in [3.63, 3.8) is 0 Å². The lowest BCUT2D eigenvalue weighted by molar-refractivity contribution is -0.147. The molecule has 112 valence electrons. The fourth-order valence-corrected chi connectivity index (χ4v) is 2.78. The van der Waals surface area contributed by atoms with Gasteiger partial charge in [0.1, 0.15) is 0 Å². The second-order valence-corrected chi connectivity index (χ2v) is 6.13. The largest absolute Gasteiger partial charge is 0.465 e. The topological polar surface area (TPSA) is 43.4 Å². The number of rotatable bonds is 5. The van der Waals surface area contributed by atoms with Crippen LogP contribution in [0.3, 0.4) is 0 Å². The molecule has 0 saturated heterocycles. The third-order valence-corrected chi connectivity index (χ3v) is 4.17. The molecule has 1 unspecified atom stereocenters. The maximum Gasteiger partial charge on any atom is 0.308 e. The number of carbonyl (C=O) groups excluding carboxylic acids is 2. The van der Waals surface area contributed by atoms with Gasteiger partial charge in [0.15, 0.2) is 5.78 Å². The summed E-state index contributed by atoms with van der Waals surface area (Å²) in [4.78, 5) is 23.9. The van der Waals surface area contributed by atoms with E-state index >= 15 is 0 Å². The minimum Gasteiger partial charge on any atom is -0.465 e. The van der Waals surface area contributed by atoms with E-state index in [4.69, 9.17) is 4.74 Å². The lowest BCUT2D eigenvalue weighted by Crippen LogP contribution is -2.19. The zero-order chi connectivity index (χ0) is 15.1. The summed E-state index contributed by atoms with van der Waals surface area (Å²) in [7, 11) is 0. The lowest BCUT2D eigenvalue weighted by Gasteiger charge is -2.22. The first-order valence-electron chi connectivity index (χ1n) is 7.19. The lowest BCUT2D eigenvalue weighted by atomic mass is 9.82. The number of Topliss-reactive ketones (excluding diaryl/α,β-unsaturated/α-hetero) is 1. The highest BCUT2D eigenvalue weighted by atomic mass is 127. The smallest absolute Gasteiger partial charge is 0.308 e. The quantitative estimate of drug-likeness (QED) is 0.401. The van der Waals surface area contributed by atoms with Crippen molar-refractivity contribution in [3.05, 3.63) is 21.3 Å². The Labute approximate surface area is 135 Å². The number of allylic oxidation sites excluding steroid dienone is 3. The van der Waals surface area contributed by atoms with Gasteiger partial charge in [-0.05, 0) is 41.3 Å². The molecule has 0 aromatic carbocycles. The molecule has 1 saturated carbocycles. The van der Waals surface area contributed by atoms with E-state index in [9.17, 15) is 9.59 Å². The van der Waals surface area contributed by atoms with Crippen molar-refractivity contribution in [1.82, 2.24) is 0 Å². The minimum absolute atomic E-state index is 0.145. The Morgan fingerprint density at radius 1 is 1.45 bits per heavy atom. The number of halogens is 1. The zero-order valence-corrected chi connectivity index (χ0v) is 14.6. The van der Waals surface area contributed by atoms with E-state index < -0.39 is 0 Å². The van der Waals surface area contributed by atoms with Crippen molar-refractivity contribution in [2.75, 3.05) is 6.61 Å². The third-order valence-electron chi connectivity index (χ3n) is 3.42. The Bertz CT molecular complexity index is 423. The Balaban J connectivity index is 2.64. The number of hydrogen-bond donors (Lipinski definition) is 0. The third kappa shape index (κ3) is 5.04. The van der Waals surface area contributed by atoms with Crippen LogP contribution in [0.2, 0.25) is 0 Å². The summed E-state index contributed by atoms with van der Waals surface area (Å²) < 4.78 is 6.99. The average Bonchev–Trinajstić information content (AvgIpc) is 2.44. The van der Waals surface area contributed by atoms with E-state index in [1.165, 1.54) is 0 Å². The van der Waals surface area contributed by atoms with E-state index in [1.807, 2.05) is 24.0 Å². The van der Waals surface area contributed by atoms with Gasteiger partial charge in [-0.25, -0.2) is 0 Å². The normalized spacial score (nSPS) is 25.0. The van der Waals surface area contributed by atoms with Gasteiger partial charge < -0.3 is 4.74 Å². The molecule has 0 amide bonds. The molecule has 1 aliphatic rings. The van der Waals surface area contributed by atoms with Crippen LogP contribution < -0.4 is 0 Å². The van der Waals surface area contributed by atoms with Gasteiger partial charge in [0.25, 0.3) is 0 Å². The standard InChI is InChI=1S/C16H23IO3/c1-4-7-20-16(19)12(3)5-6-13-8-11(2)9-14(10-17)15(13)18/h6,10-12H,4-5,7-9H2,1-3H3/b13-6+,14-10+/t11?,12-/m1/s1. The Morgan fingerprint density at radius 3 is 2.70 bits per heavy atom. The van der Waals surface area contributed by atoms with Crippen LogP contribution >= 0.6 is 22.6 Å². The average molecular weight is 390 g/mol. The molecule has 0 aromatic heterocycles. The predicted octanol–water partition coefficient (Wildman–Crippen LogP) is 4.21. The van der Waals surface area contributed by atoms with Crippen molar-refractivity contribution in [3.8, 4) is 0 Å². The van der Waals surface area contributed by atoms with Gasteiger partial charge in [-0.15, -0.1) is 0 Å². The van der Waals surface area contributed by atoms with Crippen LogP contribution in [0.15, 0.2) is 21.3 Å². The van der Waals surface area contributed by atoms with Crippen LogP contribution in [0, 0.1) is 11.8 Å². The molecule has 0 aliphatic heterocycles. The highest BCUT2D eigenvalue weighted by Crippen LogP contribution is 2.30. The van der Waals surface area contributed by atoms with E-state index in [2.05, 4.69) is 29.5 Å². The van der Waals surface area contributed by atoms with Crippen molar-refractivity contribution >= 4 is 34.3 Å². The molecular formula is C16H23IO3. The Kier molecular flexibility index (Phi) is 7.48. The summed E-state index contributed by atoms with van der Waals surface area (Å²) in [6.45, 7) is 6.44. The SMILES string of the molecule is CCCOC(=O)[C@H](C)C/C=C1\CC(C)C/C(=C\I)C1=O. The first-order valence-corrected chi connectivity index (χ1v) is 8.43. The number of esters is 1.